The number of nitrogens with one attached hydrogen (secondary N) is 2. The molecule has 0 bridgehead atoms. The summed E-state index contributed by atoms with van der Waals surface area (Å²) in [4.78, 5) is 15.9. The average molecular weight is 453 g/mol. The third-order valence-corrected chi connectivity index (χ3v) is 5.11. The van der Waals surface area contributed by atoms with E-state index in [0.717, 1.165) is 28.9 Å². The number of halogens is 2. The summed E-state index contributed by atoms with van der Waals surface area (Å²) < 4.78 is 0. The molecule has 6 N–H and O–H groups in total. The normalized spacial score (nSPS) is 10.6. The Morgan fingerprint density at radius 1 is 0.613 bits per heavy atom. The van der Waals surface area contributed by atoms with Gasteiger partial charge in [0.2, 0.25) is 0 Å². The van der Waals surface area contributed by atoms with E-state index in [4.69, 9.17) is 34.7 Å². The molecule has 2 heterocycles. The van der Waals surface area contributed by atoms with E-state index in [0.29, 0.717) is 23.0 Å². The molecule has 0 aliphatic carbocycles. The summed E-state index contributed by atoms with van der Waals surface area (Å²) in [5.74, 6) is 0.947. The molecule has 156 valence electrons. The number of rotatable bonds is 6. The predicted octanol–water partition coefficient (Wildman–Crippen LogP) is 4.82. The van der Waals surface area contributed by atoms with E-state index in [1.807, 2.05) is 48.5 Å². The van der Waals surface area contributed by atoms with E-state index >= 15 is 0 Å². The minimum Gasteiger partial charge on any atom is -0.393 e. The second-order valence-corrected chi connectivity index (χ2v) is 7.39. The maximum atomic E-state index is 5.93. The van der Waals surface area contributed by atoms with Crippen LogP contribution in [0.2, 0.25) is 10.3 Å². The van der Waals surface area contributed by atoms with Gasteiger partial charge in [0.05, 0.1) is 0 Å². The lowest BCUT2D eigenvalue weighted by Crippen LogP contribution is -2.01. The standard InChI is InChI=1S/C21H18Cl2N8/c22-18-16(24)20(28-10-26-18)30-14-5-1-12(2-6-14)9-13-3-7-15(8-4-13)31-21-17(25)19(23)27-11-29-21/h1-8,10-11H,9,24-25H2,(H,26,28,30)(H,27,29,31). The van der Waals surface area contributed by atoms with Gasteiger partial charge in [0.1, 0.15) is 24.0 Å². The summed E-state index contributed by atoms with van der Waals surface area (Å²) in [7, 11) is 0. The van der Waals surface area contributed by atoms with Crippen molar-refractivity contribution in [2.45, 2.75) is 6.42 Å². The van der Waals surface area contributed by atoms with Crippen molar-refractivity contribution >= 4 is 57.6 Å². The summed E-state index contributed by atoms with van der Waals surface area (Å²) in [6, 6.07) is 16.0. The molecular weight excluding hydrogens is 435 g/mol. The Hall–Kier alpha value is -3.62. The van der Waals surface area contributed by atoms with E-state index in [1.54, 1.807) is 0 Å². The fraction of sp³-hybridized carbons (Fsp3) is 0.0476. The summed E-state index contributed by atoms with van der Waals surface area (Å²) in [6.07, 6.45) is 3.51. The van der Waals surface area contributed by atoms with Crippen molar-refractivity contribution in [2.24, 2.45) is 0 Å². The first-order valence-corrected chi connectivity index (χ1v) is 9.99. The number of nitrogen functional groups attached to an aromatic ring is 2. The molecule has 31 heavy (non-hydrogen) atoms. The Morgan fingerprint density at radius 2 is 1.00 bits per heavy atom. The van der Waals surface area contributed by atoms with Gasteiger partial charge >= 0.3 is 0 Å². The second kappa shape index (κ2) is 9.03. The van der Waals surface area contributed by atoms with E-state index in [2.05, 4.69) is 30.6 Å². The van der Waals surface area contributed by atoms with E-state index < -0.39 is 0 Å². The van der Waals surface area contributed by atoms with Crippen molar-refractivity contribution in [3.8, 4) is 0 Å². The molecule has 4 rings (SSSR count). The zero-order valence-electron chi connectivity index (χ0n) is 16.2. The first kappa shape index (κ1) is 20.6. The third-order valence-electron chi connectivity index (χ3n) is 4.51. The molecule has 0 atom stereocenters. The van der Waals surface area contributed by atoms with Crippen LogP contribution in [0.15, 0.2) is 61.2 Å². The Kier molecular flexibility index (Phi) is 6.01. The molecular formula is C21H18Cl2N8. The summed E-state index contributed by atoms with van der Waals surface area (Å²) in [5, 5.41) is 6.73. The van der Waals surface area contributed by atoms with Crippen LogP contribution >= 0.6 is 23.2 Å². The molecule has 0 fully saturated rings. The van der Waals surface area contributed by atoms with Crippen molar-refractivity contribution < 1.29 is 0 Å². The van der Waals surface area contributed by atoms with Crippen LogP contribution in [0, 0.1) is 0 Å². The highest BCUT2D eigenvalue weighted by Crippen LogP contribution is 2.27. The lowest BCUT2D eigenvalue weighted by atomic mass is 10.0. The first-order valence-electron chi connectivity index (χ1n) is 9.23. The van der Waals surface area contributed by atoms with Gasteiger partial charge in [-0.3, -0.25) is 0 Å². The average Bonchev–Trinajstić information content (AvgIpc) is 2.77. The summed E-state index contributed by atoms with van der Waals surface area (Å²) >= 11 is 11.9. The Bertz CT molecular complexity index is 1100. The van der Waals surface area contributed by atoms with Gasteiger partial charge in [-0.1, -0.05) is 47.5 Å². The van der Waals surface area contributed by atoms with Crippen molar-refractivity contribution in [1.82, 2.24) is 19.9 Å². The molecule has 0 aliphatic rings. The highest BCUT2D eigenvalue weighted by Gasteiger charge is 2.08. The number of nitrogens with two attached hydrogens (primary N) is 2. The lowest BCUT2D eigenvalue weighted by Gasteiger charge is -2.10. The summed E-state index contributed by atoms with van der Waals surface area (Å²) in [5.41, 5.74) is 16.4. The molecule has 0 unspecified atom stereocenters. The fourth-order valence-electron chi connectivity index (χ4n) is 2.87. The van der Waals surface area contributed by atoms with Crippen LogP contribution in [0.5, 0.6) is 0 Å². The monoisotopic (exact) mass is 452 g/mol. The van der Waals surface area contributed by atoms with Gasteiger partial charge in [0.15, 0.2) is 21.9 Å². The number of benzene rings is 2. The molecule has 0 amide bonds. The zero-order valence-corrected chi connectivity index (χ0v) is 17.7. The largest absolute Gasteiger partial charge is 0.393 e. The predicted molar refractivity (Wildman–Crippen MR) is 125 cm³/mol. The van der Waals surface area contributed by atoms with Crippen LogP contribution in [-0.4, -0.2) is 19.9 Å². The number of hydrogen-bond acceptors (Lipinski definition) is 8. The molecule has 0 aliphatic heterocycles. The van der Waals surface area contributed by atoms with E-state index in [1.165, 1.54) is 12.7 Å². The molecule has 0 spiro atoms. The van der Waals surface area contributed by atoms with Crippen molar-refractivity contribution in [1.29, 1.82) is 0 Å². The van der Waals surface area contributed by atoms with Crippen molar-refractivity contribution in [3.05, 3.63) is 82.6 Å². The highest BCUT2D eigenvalue weighted by molar-refractivity contribution is 6.32. The number of hydrogen-bond donors (Lipinski definition) is 4. The van der Waals surface area contributed by atoms with Gasteiger partial charge in [0.25, 0.3) is 0 Å². The van der Waals surface area contributed by atoms with Gasteiger partial charge in [0, 0.05) is 11.4 Å². The fourth-order valence-corrected chi connectivity index (χ4v) is 3.13. The van der Waals surface area contributed by atoms with Crippen LogP contribution in [-0.2, 0) is 6.42 Å². The number of anilines is 6. The SMILES string of the molecule is Nc1c(Cl)ncnc1Nc1ccc(Cc2ccc(Nc3ncnc(Cl)c3N)cc2)cc1. The van der Waals surface area contributed by atoms with E-state index in [-0.39, 0.29) is 10.3 Å². The van der Waals surface area contributed by atoms with Gasteiger partial charge in [-0.15, -0.1) is 0 Å². The highest BCUT2D eigenvalue weighted by atomic mass is 35.5. The molecule has 2 aromatic heterocycles. The molecule has 8 nitrogen and oxygen atoms in total. The number of aromatic nitrogens is 4. The molecule has 10 heteroatoms. The van der Waals surface area contributed by atoms with E-state index in [9.17, 15) is 0 Å². The summed E-state index contributed by atoms with van der Waals surface area (Å²) in [6.45, 7) is 0. The maximum absolute atomic E-state index is 5.93. The molecule has 4 aromatic rings. The minimum atomic E-state index is 0.220. The van der Waals surface area contributed by atoms with Crippen LogP contribution in [0.3, 0.4) is 0 Å². The topological polar surface area (TPSA) is 128 Å². The van der Waals surface area contributed by atoms with Gasteiger partial charge in [-0.2, -0.15) is 0 Å². The zero-order chi connectivity index (χ0) is 21.8. The quantitative estimate of drug-likeness (QED) is 0.306. The van der Waals surface area contributed by atoms with Gasteiger partial charge in [-0.25, -0.2) is 19.9 Å². The Balaban J connectivity index is 1.40. The third kappa shape index (κ3) is 4.93. The first-order chi connectivity index (χ1) is 15.0. The Labute approximate surface area is 188 Å². The molecule has 0 saturated heterocycles. The van der Waals surface area contributed by atoms with Crippen LogP contribution in [0.4, 0.5) is 34.4 Å². The molecule has 2 aromatic carbocycles. The Morgan fingerprint density at radius 3 is 1.39 bits per heavy atom. The van der Waals surface area contributed by atoms with Crippen molar-refractivity contribution in [2.75, 3.05) is 22.1 Å². The molecule has 0 radical (unpaired) electrons. The number of nitrogens with zero attached hydrogens (tertiary/aromatic N) is 4. The van der Waals surface area contributed by atoms with Crippen LogP contribution in [0.25, 0.3) is 0 Å². The maximum Gasteiger partial charge on any atom is 0.158 e. The second-order valence-electron chi connectivity index (χ2n) is 6.67. The van der Waals surface area contributed by atoms with Crippen LogP contribution < -0.4 is 22.1 Å². The van der Waals surface area contributed by atoms with Crippen molar-refractivity contribution in [3.63, 3.8) is 0 Å². The molecule has 0 saturated carbocycles. The smallest absolute Gasteiger partial charge is 0.158 e. The van der Waals surface area contributed by atoms with Crippen LogP contribution in [0.1, 0.15) is 11.1 Å². The minimum absolute atomic E-state index is 0.220. The van der Waals surface area contributed by atoms with Gasteiger partial charge in [-0.05, 0) is 41.8 Å². The lowest BCUT2D eigenvalue weighted by molar-refractivity contribution is 1.16. The van der Waals surface area contributed by atoms with Gasteiger partial charge < -0.3 is 22.1 Å².